The summed E-state index contributed by atoms with van der Waals surface area (Å²) < 4.78 is 1.15. The van der Waals surface area contributed by atoms with E-state index in [1.54, 1.807) is 0 Å². The van der Waals surface area contributed by atoms with Crippen LogP contribution in [0.25, 0.3) is 0 Å². The van der Waals surface area contributed by atoms with E-state index in [0.717, 1.165) is 28.5 Å². The first kappa shape index (κ1) is 10.5. The van der Waals surface area contributed by atoms with Crippen LogP contribution in [-0.4, -0.2) is 12.6 Å². The molecule has 0 atom stereocenters. The molecule has 0 unspecified atom stereocenters. The van der Waals surface area contributed by atoms with Crippen LogP contribution in [0.3, 0.4) is 0 Å². The second kappa shape index (κ2) is 4.65. The van der Waals surface area contributed by atoms with Crippen molar-refractivity contribution in [3.8, 4) is 0 Å². The van der Waals surface area contributed by atoms with Gasteiger partial charge in [-0.2, -0.15) is 0 Å². The number of halogens is 2. The summed E-state index contributed by atoms with van der Waals surface area (Å²) in [5.74, 6) is 0. The third kappa shape index (κ3) is 2.97. The summed E-state index contributed by atoms with van der Waals surface area (Å²) >= 11 is 9.46. The minimum Gasteiger partial charge on any atom is -0.314 e. The first-order chi connectivity index (χ1) is 6.75. The molecule has 14 heavy (non-hydrogen) atoms. The van der Waals surface area contributed by atoms with Gasteiger partial charge in [-0.1, -0.05) is 27.5 Å². The van der Waals surface area contributed by atoms with E-state index < -0.39 is 0 Å². The highest BCUT2D eigenvalue weighted by Crippen LogP contribution is 2.22. The minimum absolute atomic E-state index is 0.785. The van der Waals surface area contributed by atoms with Gasteiger partial charge in [0.15, 0.2) is 0 Å². The Hall–Kier alpha value is -0.0500. The standard InChI is InChI=1S/C11H13BrClN/c12-11-4-1-9(13)7-8(11)5-6-14-10-2-3-10/h1,4,7,10,14H,2-3,5-6H2. The molecule has 0 aliphatic heterocycles. The summed E-state index contributed by atoms with van der Waals surface area (Å²) in [5, 5.41) is 4.30. The Morgan fingerprint density at radius 1 is 1.43 bits per heavy atom. The molecule has 76 valence electrons. The average molecular weight is 275 g/mol. The zero-order chi connectivity index (χ0) is 9.97. The Bertz CT molecular complexity index is 323. The Balaban J connectivity index is 1.89. The maximum Gasteiger partial charge on any atom is 0.0409 e. The van der Waals surface area contributed by atoms with Crippen molar-refractivity contribution in [2.45, 2.75) is 25.3 Å². The van der Waals surface area contributed by atoms with Gasteiger partial charge in [0.1, 0.15) is 0 Å². The fraction of sp³-hybridized carbons (Fsp3) is 0.455. The summed E-state index contributed by atoms with van der Waals surface area (Å²) in [6, 6.07) is 6.73. The monoisotopic (exact) mass is 273 g/mol. The van der Waals surface area contributed by atoms with Crippen molar-refractivity contribution in [2.24, 2.45) is 0 Å². The molecule has 1 saturated carbocycles. The first-order valence-corrected chi connectivity index (χ1v) is 6.10. The highest BCUT2D eigenvalue weighted by atomic mass is 79.9. The molecule has 0 heterocycles. The van der Waals surface area contributed by atoms with Gasteiger partial charge in [0.2, 0.25) is 0 Å². The van der Waals surface area contributed by atoms with Gasteiger partial charge < -0.3 is 5.32 Å². The molecule has 1 aliphatic rings. The molecule has 2 rings (SSSR count). The lowest BCUT2D eigenvalue weighted by atomic mass is 10.1. The molecular formula is C11H13BrClN. The van der Waals surface area contributed by atoms with E-state index in [1.807, 2.05) is 18.2 Å². The van der Waals surface area contributed by atoms with Crippen LogP contribution < -0.4 is 5.32 Å². The maximum absolute atomic E-state index is 5.93. The molecule has 1 aromatic carbocycles. The lowest BCUT2D eigenvalue weighted by Crippen LogP contribution is -2.19. The zero-order valence-corrected chi connectivity index (χ0v) is 10.2. The quantitative estimate of drug-likeness (QED) is 0.887. The number of benzene rings is 1. The van der Waals surface area contributed by atoms with Crippen molar-refractivity contribution in [3.63, 3.8) is 0 Å². The summed E-state index contributed by atoms with van der Waals surface area (Å²) in [6.45, 7) is 1.05. The summed E-state index contributed by atoms with van der Waals surface area (Å²) in [7, 11) is 0. The Morgan fingerprint density at radius 3 is 2.93 bits per heavy atom. The molecule has 1 aromatic rings. The van der Waals surface area contributed by atoms with Crippen LogP contribution in [-0.2, 0) is 6.42 Å². The van der Waals surface area contributed by atoms with Gasteiger partial charge in [-0.15, -0.1) is 0 Å². The molecule has 1 aliphatic carbocycles. The van der Waals surface area contributed by atoms with Crippen LogP contribution in [0.5, 0.6) is 0 Å². The Morgan fingerprint density at radius 2 is 2.21 bits per heavy atom. The highest BCUT2D eigenvalue weighted by Gasteiger charge is 2.19. The van der Waals surface area contributed by atoms with Crippen molar-refractivity contribution < 1.29 is 0 Å². The number of rotatable bonds is 4. The van der Waals surface area contributed by atoms with Crippen LogP contribution in [0, 0.1) is 0 Å². The molecule has 0 spiro atoms. The van der Waals surface area contributed by atoms with Gasteiger partial charge in [-0.3, -0.25) is 0 Å². The van der Waals surface area contributed by atoms with Crippen molar-refractivity contribution >= 4 is 27.5 Å². The van der Waals surface area contributed by atoms with Crippen molar-refractivity contribution in [1.82, 2.24) is 5.32 Å². The predicted octanol–water partition coefficient (Wildman–Crippen LogP) is 3.40. The lowest BCUT2D eigenvalue weighted by molar-refractivity contribution is 0.681. The van der Waals surface area contributed by atoms with Crippen molar-refractivity contribution in [2.75, 3.05) is 6.54 Å². The van der Waals surface area contributed by atoms with E-state index in [9.17, 15) is 0 Å². The second-order valence-electron chi connectivity index (χ2n) is 3.71. The molecule has 0 radical (unpaired) electrons. The van der Waals surface area contributed by atoms with Crippen LogP contribution in [0.4, 0.5) is 0 Å². The fourth-order valence-electron chi connectivity index (χ4n) is 1.43. The summed E-state index contributed by atoms with van der Waals surface area (Å²) in [6.07, 6.45) is 3.73. The number of hydrogen-bond donors (Lipinski definition) is 1. The maximum atomic E-state index is 5.93. The Kier molecular flexibility index (Phi) is 3.47. The number of hydrogen-bond acceptors (Lipinski definition) is 1. The summed E-state index contributed by atoms with van der Waals surface area (Å²) in [5.41, 5.74) is 1.28. The SMILES string of the molecule is Clc1ccc(Br)c(CCNC2CC2)c1. The van der Waals surface area contributed by atoms with Gasteiger partial charge >= 0.3 is 0 Å². The molecule has 0 saturated heterocycles. The van der Waals surface area contributed by atoms with E-state index in [4.69, 9.17) is 11.6 Å². The summed E-state index contributed by atoms with van der Waals surface area (Å²) in [4.78, 5) is 0. The van der Waals surface area contributed by atoms with E-state index in [2.05, 4.69) is 21.2 Å². The van der Waals surface area contributed by atoms with Crippen LogP contribution in [0.2, 0.25) is 5.02 Å². The van der Waals surface area contributed by atoms with Crippen LogP contribution in [0.15, 0.2) is 22.7 Å². The van der Waals surface area contributed by atoms with Crippen molar-refractivity contribution in [1.29, 1.82) is 0 Å². The zero-order valence-electron chi connectivity index (χ0n) is 7.89. The minimum atomic E-state index is 0.785. The van der Waals surface area contributed by atoms with E-state index in [1.165, 1.54) is 18.4 Å². The smallest absolute Gasteiger partial charge is 0.0409 e. The first-order valence-electron chi connectivity index (χ1n) is 4.93. The molecule has 0 amide bonds. The fourth-order valence-corrected chi connectivity index (χ4v) is 2.07. The lowest BCUT2D eigenvalue weighted by Gasteiger charge is -2.05. The predicted molar refractivity (Wildman–Crippen MR) is 63.9 cm³/mol. The van der Waals surface area contributed by atoms with Crippen molar-refractivity contribution in [3.05, 3.63) is 33.3 Å². The third-order valence-corrected chi connectivity index (χ3v) is 3.42. The second-order valence-corrected chi connectivity index (χ2v) is 5.00. The highest BCUT2D eigenvalue weighted by molar-refractivity contribution is 9.10. The van der Waals surface area contributed by atoms with Gasteiger partial charge in [0.05, 0.1) is 0 Å². The van der Waals surface area contributed by atoms with Gasteiger partial charge in [-0.05, 0) is 49.6 Å². The van der Waals surface area contributed by atoms with Crippen LogP contribution >= 0.6 is 27.5 Å². The average Bonchev–Trinajstić information content (AvgIpc) is 2.95. The van der Waals surface area contributed by atoms with E-state index in [-0.39, 0.29) is 0 Å². The molecular weight excluding hydrogens is 261 g/mol. The molecule has 1 fully saturated rings. The van der Waals surface area contributed by atoms with Gasteiger partial charge in [0.25, 0.3) is 0 Å². The molecule has 3 heteroatoms. The Labute approximate surface area is 98.0 Å². The van der Waals surface area contributed by atoms with Gasteiger partial charge in [0, 0.05) is 15.5 Å². The molecule has 0 aromatic heterocycles. The normalized spacial score (nSPS) is 15.9. The van der Waals surface area contributed by atoms with E-state index in [0.29, 0.717) is 0 Å². The molecule has 0 bridgehead atoms. The van der Waals surface area contributed by atoms with E-state index >= 15 is 0 Å². The molecule has 1 N–H and O–H groups in total. The number of nitrogens with one attached hydrogen (secondary N) is 1. The largest absolute Gasteiger partial charge is 0.314 e. The van der Waals surface area contributed by atoms with Gasteiger partial charge in [-0.25, -0.2) is 0 Å². The molecule has 1 nitrogen and oxygen atoms in total. The topological polar surface area (TPSA) is 12.0 Å². The third-order valence-electron chi connectivity index (χ3n) is 2.41. The van der Waals surface area contributed by atoms with Crippen LogP contribution in [0.1, 0.15) is 18.4 Å².